The SMILES string of the molecule is CC(C)[C@@H](N)CCC1(C)CCCC1. The lowest BCUT2D eigenvalue weighted by Crippen LogP contribution is -2.28. The molecule has 78 valence electrons. The van der Waals surface area contributed by atoms with Crippen LogP contribution in [-0.4, -0.2) is 6.04 Å². The summed E-state index contributed by atoms with van der Waals surface area (Å²) in [6.45, 7) is 6.89. The van der Waals surface area contributed by atoms with E-state index in [0.29, 0.717) is 17.4 Å². The highest BCUT2D eigenvalue weighted by Gasteiger charge is 2.28. The highest BCUT2D eigenvalue weighted by molar-refractivity contribution is 4.82. The monoisotopic (exact) mass is 183 g/mol. The van der Waals surface area contributed by atoms with Crippen molar-refractivity contribution in [2.75, 3.05) is 0 Å². The largest absolute Gasteiger partial charge is 0.327 e. The lowest BCUT2D eigenvalue weighted by atomic mass is 9.81. The number of nitrogens with two attached hydrogens (primary N) is 1. The van der Waals surface area contributed by atoms with Crippen LogP contribution in [0.2, 0.25) is 0 Å². The highest BCUT2D eigenvalue weighted by Crippen LogP contribution is 2.41. The lowest BCUT2D eigenvalue weighted by molar-refractivity contribution is 0.276. The van der Waals surface area contributed by atoms with Crippen LogP contribution >= 0.6 is 0 Å². The molecule has 0 aromatic rings. The number of rotatable bonds is 4. The van der Waals surface area contributed by atoms with Crippen molar-refractivity contribution in [1.29, 1.82) is 0 Å². The molecule has 0 aromatic carbocycles. The van der Waals surface area contributed by atoms with Crippen molar-refractivity contribution >= 4 is 0 Å². The highest BCUT2D eigenvalue weighted by atomic mass is 14.6. The van der Waals surface area contributed by atoms with Crippen molar-refractivity contribution in [3.63, 3.8) is 0 Å². The summed E-state index contributed by atoms with van der Waals surface area (Å²) in [6, 6.07) is 0.414. The van der Waals surface area contributed by atoms with Gasteiger partial charge in [-0.3, -0.25) is 0 Å². The zero-order valence-electron chi connectivity index (χ0n) is 9.47. The van der Waals surface area contributed by atoms with Gasteiger partial charge in [-0.25, -0.2) is 0 Å². The van der Waals surface area contributed by atoms with E-state index >= 15 is 0 Å². The normalized spacial score (nSPS) is 23.8. The standard InChI is InChI=1S/C12H25N/c1-10(2)11(13)6-9-12(3)7-4-5-8-12/h10-11H,4-9,13H2,1-3H3/t11-/m0/s1. The van der Waals surface area contributed by atoms with Gasteiger partial charge in [0.15, 0.2) is 0 Å². The third-order valence-corrected chi connectivity index (χ3v) is 3.75. The fourth-order valence-corrected chi connectivity index (χ4v) is 2.33. The summed E-state index contributed by atoms with van der Waals surface area (Å²) in [7, 11) is 0. The summed E-state index contributed by atoms with van der Waals surface area (Å²) in [5, 5.41) is 0. The molecule has 0 heterocycles. The lowest BCUT2D eigenvalue weighted by Gasteiger charge is -2.26. The van der Waals surface area contributed by atoms with Crippen molar-refractivity contribution in [2.45, 2.75) is 65.3 Å². The second kappa shape index (κ2) is 4.45. The van der Waals surface area contributed by atoms with Gasteiger partial charge in [-0.05, 0) is 37.0 Å². The van der Waals surface area contributed by atoms with E-state index in [4.69, 9.17) is 5.73 Å². The molecular formula is C12H25N. The minimum Gasteiger partial charge on any atom is -0.327 e. The van der Waals surface area contributed by atoms with Gasteiger partial charge in [0, 0.05) is 6.04 Å². The van der Waals surface area contributed by atoms with E-state index < -0.39 is 0 Å². The Kier molecular flexibility index (Phi) is 3.78. The average Bonchev–Trinajstić information content (AvgIpc) is 2.48. The second-order valence-electron chi connectivity index (χ2n) is 5.46. The summed E-state index contributed by atoms with van der Waals surface area (Å²) in [5.41, 5.74) is 6.68. The van der Waals surface area contributed by atoms with Crippen LogP contribution in [-0.2, 0) is 0 Å². The molecule has 1 atom stereocenters. The first kappa shape index (κ1) is 11.0. The maximum atomic E-state index is 6.05. The minimum atomic E-state index is 0.414. The van der Waals surface area contributed by atoms with Gasteiger partial charge in [-0.1, -0.05) is 33.6 Å². The van der Waals surface area contributed by atoms with Crippen LogP contribution in [0.5, 0.6) is 0 Å². The molecule has 1 fully saturated rings. The first-order chi connectivity index (χ1) is 6.03. The van der Waals surface area contributed by atoms with Crippen LogP contribution in [0.15, 0.2) is 0 Å². The van der Waals surface area contributed by atoms with Crippen molar-refractivity contribution < 1.29 is 0 Å². The van der Waals surface area contributed by atoms with Gasteiger partial charge >= 0.3 is 0 Å². The predicted octanol–water partition coefficient (Wildman–Crippen LogP) is 3.33. The molecule has 1 rings (SSSR count). The van der Waals surface area contributed by atoms with E-state index in [-0.39, 0.29) is 0 Å². The molecule has 1 nitrogen and oxygen atoms in total. The topological polar surface area (TPSA) is 26.0 Å². The number of hydrogen-bond donors (Lipinski definition) is 1. The van der Waals surface area contributed by atoms with Gasteiger partial charge < -0.3 is 5.73 Å². The van der Waals surface area contributed by atoms with Crippen LogP contribution in [0, 0.1) is 11.3 Å². The first-order valence-electron chi connectivity index (χ1n) is 5.79. The van der Waals surface area contributed by atoms with E-state index in [9.17, 15) is 0 Å². The van der Waals surface area contributed by atoms with Gasteiger partial charge in [-0.2, -0.15) is 0 Å². The molecule has 1 heteroatoms. The van der Waals surface area contributed by atoms with Crippen molar-refractivity contribution in [2.24, 2.45) is 17.1 Å². The maximum absolute atomic E-state index is 6.05. The average molecular weight is 183 g/mol. The van der Waals surface area contributed by atoms with Gasteiger partial charge in [0.25, 0.3) is 0 Å². The molecule has 1 aliphatic carbocycles. The molecule has 0 amide bonds. The Hall–Kier alpha value is -0.0400. The van der Waals surface area contributed by atoms with Crippen molar-refractivity contribution in [3.05, 3.63) is 0 Å². The van der Waals surface area contributed by atoms with Crippen LogP contribution < -0.4 is 5.73 Å². The van der Waals surface area contributed by atoms with E-state index in [1.54, 1.807) is 0 Å². The first-order valence-corrected chi connectivity index (χ1v) is 5.79. The Bertz CT molecular complexity index is 145. The van der Waals surface area contributed by atoms with E-state index in [1.807, 2.05) is 0 Å². The van der Waals surface area contributed by atoms with Gasteiger partial charge in [0.05, 0.1) is 0 Å². The third-order valence-electron chi connectivity index (χ3n) is 3.75. The van der Waals surface area contributed by atoms with Gasteiger partial charge in [-0.15, -0.1) is 0 Å². The molecule has 2 N–H and O–H groups in total. The molecular weight excluding hydrogens is 158 g/mol. The Morgan fingerprint density at radius 3 is 2.23 bits per heavy atom. The quantitative estimate of drug-likeness (QED) is 0.711. The van der Waals surface area contributed by atoms with Crippen molar-refractivity contribution in [1.82, 2.24) is 0 Å². The summed E-state index contributed by atoms with van der Waals surface area (Å²) >= 11 is 0. The predicted molar refractivity (Wildman–Crippen MR) is 58.6 cm³/mol. The van der Waals surface area contributed by atoms with Crippen LogP contribution in [0.3, 0.4) is 0 Å². The Morgan fingerprint density at radius 1 is 1.23 bits per heavy atom. The summed E-state index contributed by atoms with van der Waals surface area (Å²) in [6.07, 6.45) is 8.29. The van der Waals surface area contributed by atoms with E-state index in [2.05, 4.69) is 20.8 Å². The molecule has 0 aromatic heterocycles. The fourth-order valence-electron chi connectivity index (χ4n) is 2.33. The molecule has 0 radical (unpaired) electrons. The van der Waals surface area contributed by atoms with Crippen LogP contribution in [0.25, 0.3) is 0 Å². The zero-order chi connectivity index (χ0) is 9.90. The smallest absolute Gasteiger partial charge is 0.00620 e. The van der Waals surface area contributed by atoms with Gasteiger partial charge in [0.1, 0.15) is 0 Å². The second-order valence-corrected chi connectivity index (χ2v) is 5.46. The Balaban J connectivity index is 2.24. The zero-order valence-corrected chi connectivity index (χ0v) is 9.47. The summed E-state index contributed by atoms with van der Waals surface area (Å²) in [4.78, 5) is 0. The van der Waals surface area contributed by atoms with Crippen molar-refractivity contribution in [3.8, 4) is 0 Å². The van der Waals surface area contributed by atoms with Crippen LogP contribution in [0.4, 0.5) is 0 Å². The molecule has 1 saturated carbocycles. The molecule has 0 saturated heterocycles. The molecule has 1 aliphatic rings. The maximum Gasteiger partial charge on any atom is 0.00620 e. The van der Waals surface area contributed by atoms with E-state index in [1.165, 1.54) is 38.5 Å². The minimum absolute atomic E-state index is 0.414. The Morgan fingerprint density at radius 2 is 1.77 bits per heavy atom. The van der Waals surface area contributed by atoms with Crippen LogP contribution in [0.1, 0.15) is 59.3 Å². The summed E-state index contributed by atoms with van der Waals surface area (Å²) in [5.74, 6) is 0.644. The third kappa shape index (κ3) is 3.30. The molecule has 0 spiro atoms. The Labute approximate surface area is 83.1 Å². The fraction of sp³-hybridized carbons (Fsp3) is 1.00. The summed E-state index contributed by atoms with van der Waals surface area (Å²) < 4.78 is 0. The molecule has 0 aliphatic heterocycles. The molecule has 0 unspecified atom stereocenters. The molecule has 0 bridgehead atoms. The van der Waals surface area contributed by atoms with Gasteiger partial charge in [0.2, 0.25) is 0 Å². The molecule has 13 heavy (non-hydrogen) atoms. The van der Waals surface area contributed by atoms with E-state index in [0.717, 1.165) is 0 Å². The number of hydrogen-bond acceptors (Lipinski definition) is 1.